The summed E-state index contributed by atoms with van der Waals surface area (Å²) in [5.74, 6) is 0.329. The van der Waals surface area contributed by atoms with Crippen molar-refractivity contribution < 1.29 is 4.79 Å². The molecular formula is C15H21BO. The van der Waals surface area contributed by atoms with Crippen LogP contribution in [-0.4, -0.2) is 13.0 Å². The van der Waals surface area contributed by atoms with E-state index in [2.05, 4.69) is 12.1 Å². The van der Waals surface area contributed by atoms with Gasteiger partial charge in [-0.15, -0.1) is 0 Å². The third-order valence-electron chi connectivity index (χ3n) is 3.78. The first-order valence-electron chi connectivity index (χ1n) is 6.93. The van der Waals surface area contributed by atoms with E-state index in [0.717, 1.165) is 12.8 Å². The average molecular weight is 228 g/mol. The Morgan fingerprint density at radius 2 is 1.53 bits per heavy atom. The maximum atomic E-state index is 12.2. The summed E-state index contributed by atoms with van der Waals surface area (Å²) in [6.45, 7) is 0. The number of benzene rings is 1. The fraction of sp³-hybridized carbons (Fsp3) is 0.533. The van der Waals surface area contributed by atoms with E-state index >= 15 is 0 Å². The molecule has 2 rings (SSSR count). The Morgan fingerprint density at radius 3 is 2.18 bits per heavy atom. The molecule has 2 heteroatoms. The number of carbonyl (C=O) groups is 1. The van der Waals surface area contributed by atoms with Crippen molar-refractivity contribution in [3.8, 4) is 0 Å². The lowest BCUT2D eigenvalue weighted by Gasteiger charge is -2.18. The molecule has 0 spiro atoms. The Hall–Kier alpha value is -1.05. The van der Waals surface area contributed by atoms with Crippen molar-refractivity contribution in [3.05, 3.63) is 30.3 Å². The molecule has 1 aliphatic rings. The molecule has 1 nitrogen and oxygen atoms in total. The van der Waals surface area contributed by atoms with E-state index in [1.165, 1.54) is 37.6 Å². The molecule has 1 fully saturated rings. The van der Waals surface area contributed by atoms with E-state index in [-0.39, 0.29) is 0 Å². The van der Waals surface area contributed by atoms with Crippen LogP contribution in [0.15, 0.2) is 30.3 Å². The summed E-state index contributed by atoms with van der Waals surface area (Å²) in [6, 6.07) is 10.1. The Labute approximate surface area is 105 Å². The summed E-state index contributed by atoms with van der Waals surface area (Å²) in [5, 5.41) is 0. The lowest BCUT2D eigenvalue weighted by molar-refractivity contribution is -0.115. The lowest BCUT2D eigenvalue weighted by atomic mass is 9.61. The fourth-order valence-corrected chi connectivity index (χ4v) is 2.72. The van der Waals surface area contributed by atoms with E-state index in [0.29, 0.717) is 18.9 Å². The van der Waals surface area contributed by atoms with E-state index in [4.69, 9.17) is 0 Å². The van der Waals surface area contributed by atoms with E-state index in [1.807, 2.05) is 18.2 Å². The highest BCUT2D eigenvalue weighted by Gasteiger charge is 2.19. The topological polar surface area (TPSA) is 17.1 Å². The minimum atomic E-state index is 0.329. The van der Waals surface area contributed by atoms with Gasteiger partial charge in [0.05, 0.1) is 5.68 Å². The molecule has 1 aliphatic carbocycles. The first-order valence-corrected chi connectivity index (χ1v) is 6.93. The predicted octanol–water partition coefficient (Wildman–Crippen LogP) is 2.64. The molecule has 0 aliphatic heterocycles. The zero-order valence-corrected chi connectivity index (χ0v) is 10.5. The Kier molecular flexibility index (Phi) is 4.84. The highest BCUT2D eigenvalue weighted by molar-refractivity contribution is 6.84. The molecule has 17 heavy (non-hydrogen) atoms. The monoisotopic (exact) mass is 228 g/mol. The zero-order chi connectivity index (χ0) is 11.9. The van der Waals surface area contributed by atoms with Gasteiger partial charge in [0.15, 0.2) is 0 Å². The zero-order valence-electron chi connectivity index (χ0n) is 10.5. The van der Waals surface area contributed by atoms with Gasteiger partial charge in [-0.1, -0.05) is 67.9 Å². The number of carbonyl (C=O) groups excluding carboxylic acids is 1. The number of hydrogen-bond donors (Lipinski definition) is 0. The van der Waals surface area contributed by atoms with Crippen molar-refractivity contribution >= 4 is 18.4 Å². The van der Waals surface area contributed by atoms with Gasteiger partial charge in [-0.2, -0.15) is 0 Å². The van der Waals surface area contributed by atoms with Crippen LogP contribution in [-0.2, 0) is 4.79 Å². The summed E-state index contributed by atoms with van der Waals surface area (Å²) in [5.41, 5.74) is 1.62. The molecule has 0 bridgehead atoms. The second kappa shape index (κ2) is 6.63. The minimum Gasteiger partial charge on any atom is -0.311 e. The molecule has 0 radical (unpaired) electrons. The second-order valence-electron chi connectivity index (χ2n) is 5.17. The molecule has 0 aromatic heterocycles. The largest absolute Gasteiger partial charge is 0.311 e. The van der Waals surface area contributed by atoms with Gasteiger partial charge in [0.1, 0.15) is 0 Å². The van der Waals surface area contributed by atoms with Crippen molar-refractivity contribution in [3.63, 3.8) is 0 Å². The maximum absolute atomic E-state index is 12.2. The van der Waals surface area contributed by atoms with Crippen molar-refractivity contribution in [2.75, 3.05) is 0 Å². The summed E-state index contributed by atoms with van der Waals surface area (Å²) in [7, 11) is 0.630. The highest BCUT2D eigenvalue weighted by atomic mass is 16.1. The Balaban J connectivity index is 1.89. The molecule has 0 heterocycles. The third-order valence-corrected chi connectivity index (χ3v) is 3.78. The molecular weight excluding hydrogens is 207 g/mol. The van der Waals surface area contributed by atoms with E-state index in [9.17, 15) is 4.79 Å². The summed E-state index contributed by atoms with van der Waals surface area (Å²) >= 11 is 0. The maximum Gasteiger partial charge on any atom is 0.239 e. The normalized spacial score (nSPS) is 18.1. The van der Waals surface area contributed by atoms with Gasteiger partial charge < -0.3 is 4.79 Å². The molecule has 1 aromatic rings. The van der Waals surface area contributed by atoms with Crippen LogP contribution in [0, 0.1) is 5.92 Å². The van der Waals surface area contributed by atoms with Gasteiger partial charge in [0.25, 0.3) is 0 Å². The first-order chi connectivity index (χ1) is 8.36. The SMILES string of the molecule is O=C(Bc1ccccc1)C1CCCCCCC1. The molecule has 0 amide bonds. The summed E-state index contributed by atoms with van der Waals surface area (Å²) < 4.78 is 0. The van der Waals surface area contributed by atoms with Crippen molar-refractivity contribution in [2.45, 2.75) is 44.9 Å². The van der Waals surface area contributed by atoms with Gasteiger partial charge >= 0.3 is 0 Å². The van der Waals surface area contributed by atoms with Crippen LogP contribution >= 0.6 is 0 Å². The quantitative estimate of drug-likeness (QED) is 0.727. The van der Waals surface area contributed by atoms with Crippen LogP contribution in [0.2, 0.25) is 0 Å². The van der Waals surface area contributed by atoms with Gasteiger partial charge in [0.2, 0.25) is 7.28 Å². The van der Waals surface area contributed by atoms with Gasteiger partial charge in [-0.3, -0.25) is 0 Å². The third kappa shape index (κ3) is 4.03. The summed E-state index contributed by atoms with van der Waals surface area (Å²) in [6.07, 6.45) is 8.71. The van der Waals surface area contributed by atoms with Crippen molar-refractivity contribution in [1.82, 2.24) is 0 Å². The van der Waals surface area contributed by atoms with Crippen LogP contribution in [0.5, 0.6) is 0 Å². The smallest absolute Gasteiger partial charge is 0.239 e. The molecule has 1 aromatic carbocycles. The van der Waals surface area contributed by atoms with Crippen LogP contribution < -0.4 is 5.46 Å². The van der Waals surface area contributed by atoms with Gasteiger partial charge in [0, 0.05) is 5.92 Å². The second-order valence-corrected chi connectivity index (χ2v) is 5.17. The van der Waals surface area contributed by atoms with E-state index < -0.39 is 0 Å². The average Bonchev–Trinajstić information content (AvgIpc) is 2.29. The van der Waals surface area contributed by atoms with Crippen LogP contribution in [0.25, 0.3) is 0 Å². The van der Waals surface area contributed by atoms with Crippen LogP contribution in [0.4, 0.5) is 0 Å². The van der Waals surface area contributed by atoms with Gasteiger partial charge in [-0.25, -0.2) is 0 Å². The molecule has 0 atom stereocenters. The van der Waals surface area contributed by atoms with Crippen molar-refractivity contribution in [2.24, 2.45) is 5.92 Å². The molecule has 0 N–H and O–H groups in total. The van der Waals surface area contributed by atoms with Crippen LogP contribution in [0.1, 0.15) is 44.9 Å². The van der Waals surface area contributed by atoms with Gasteiger partial charge in [-0.05, 0) is 12.8 Å². The minimum absolute atomic E-state index is 0.329. The number of rotatable bonds is 3. The van der Waals surface area contributed by atoms with Crippen molar-refractivity contribution in [1.29, 1.82) is 0 Å². The molecule has 0 unspecified atom stereocenters. The predicted molar refractivity (Wildman–Crippen MR) is 74.0 cm³/mol. The lowest BCUT2D eigenvalue weighted by Crippen LogP contribution is -2.30. The highest BCUT2D eigenvalue weighted by Crippen LogP contribution is 2.22. The van der Waals surface area contributed by atoms with E-state index in [1.54, 1.807) is 0 Å². The molecule has 1 saturated carbocycles. The molecule has 90 valence electrons. The standard InChI is InChI=1S/C15H21BO/c17-15(16-14-11-7-4-8-12-14)13-9-5-2-1-3-6-10-13/h4,7-8,11-13,16H,1-3,5-6,9-10H2. The summed E-state index contributed by atoms with van der Waals surface area (Å²) in [4.78, 5) is 12.2. The Bertz CT molecular complexity index is 339. The first kappa shape index (κ1) is 12.4. The van der Waals surface area contributed by atoms with Crippen LogP contribution in [0.3, 0.4) is 0 Å². The number of hydrogen-bond acceptors (Lipinski definition) is 1. The molecule has 0 saturated heterocycles. The Morgan fingerprint density at radius 1 is 0.941 bits per heavy atom. The fourth-order valence-electron chi connectivity index (χ4n) is 2.72.